The molecule has 0 unspecified atom stereocenters. The second kappa shape index (κ2) is 7.78. The van der Waals surface area contributed by atoms with E-state index in [1.165, 1.54) is 5.56 Å². The van der Waals surface area contributed by atoms with Crippen molar-refractivity contribution in [2.45, 2.75) is 43.9 Å². The monoisotopic (exact) mass is 357 g/mol. The number of aromatic amines is 1. The summed E-state index contributed by atoms with van der Waals surface area (Å²) in [5, 5.41) is 11.1. The molecule has 4 rings (SSSR count). The lowest BCUT2D eigenvalue weighted by Gasteiger charge is -2.43. The van der Waals surface area contributed by atoms with Crippen LogP contribution in [0.15, 0.2) is 30.5 Å². The van der Waals surface area contributed by atoms with Crippen LogP contribution in [0.2, 0.25) is 0 Å². The van der Waals surface area contributed by atoms with E-state index in [0.29, 0.717) is 6.04 Å². The Hall–Kier alpha value is -1.89. The number of aromatic nitrogens is 2. The van der Waals surface area contributed by atoms with Gasteiger partial charge in [0.2, 0.25) is 0 Å². The van der Waals surface area contributed by atoms with Crippen molar-refractivity contribution >= 4 is 0 Å². The minimum Gasteiger partial charge on any atom is -0.497 e. The average molecular weight is 357 g/mol. The topological polar surface area (TPSA) is 68.4 Å². The molecule has 0 radical (unpaired) electrons. The van der Waals surface area contributed by atoms with Gasteiger partial charge in [0, 0.05) is 43.5 Å². The Balaban J connectivity index is 1.40. The van der Waals surface area contributed by atoms with Gasteiger partial charge in [-0.3, -0.25) is 5.10 Å². The van der Waals surface area contributed by atoms with Gasteiger partial charge in [-0.05, 0) is 49.9 Å². The molecular formula is C20H27N3O3. The molecule has 0 bridgehead atoms. The van der Waals surface area contributed by atoms with Gasteiger partial charge in [-0.15, -0.1) is 0 Å². The highest BCUT2D eigenvalue weighted by atomic mass is 16.5. The van der Waals surface area contributed by atoms with Gasteiger partial charge in [0.15, 0.2) is 0 Å². The normalized spacial score (nSPS) is 22.4. The lowest BCUT2D eigenvalue weighted by molar-refractivity contribution is -0.140. The van der Waals surface area contributed by atoms with Crippen molar-refractivity contribution in [3.63, 3.8) is 0 Å². The molecule has 6 nitrogen and oxygen atoms in total. The molecule has 2 fully saturated rings. The molecular weight excluding hydrogens is 330 g/mol. The average Bonchev–Trinajstić information content (AvgIpc) is 3.16. The number of nitrogens with one attached hydrogen (secondary N) is 2. The van der Waals surface area contributed by atoms with E-state index in [1.54, 1.807) is 7.11 Å². The number of hydrogen-bond acceptors (Lipinski definition) is 5. The zero-order valence-corrected chi connectivity index (χ0v) is 15.3. The maximum atomic E-state index is 6.14. The van der Waals surface area contributed by atoms with Gasteiger partial charge in [0.05, 0.1) is 24.6 Å². The summed E-state index contributed by atoms with van der Waals surface area (Å²) in [7, 11) is 1.68. The van der Waals surface area contributed by atoms with Crippen molar-refractivity contribution in [1.82, 2.24) is 15.5 Å². The second-order valence-electron chi connectivity index (χ2n) is 7.21. The number of rotatable bonds is 5. The van der Waals surface area contributed by atoms with Crippen molar-refractivity contribution in [2.75, 3.05) is 26.9 Å². The van der Waals surface area contributed by atoms with Crippen LogP contribution in [0, 0.1) is 0 Å². The second-order valence-corrected chi connectivity index (χ2v) is 7.21. The summed E-state index contributed by atoms with van der Waals surface area (Å²) in [6, 6.07) is 8.53. The molecule has 26 heavy (non-hydrogen) atoms. The Morgan fingerprint density at radius 3 is 2.81 bits per heavy atom. The third-order valence-corrected chi connectivity index (χ3v) is 5.57. The summed E-state index contributed by atoms with van der Waals surface area (Å²) >= 11 is 0. The molecule has 2 saturated heterocycles. The first-order valence-corrected chi connectivity index (χ1v) is 9.40. The zero-order chi connectivity index (χ0) is 17.8. The molecule has 0 saturated carbocycles. The third kappa shape index (κ3) is 3.77. The minimum atomic E-state index is 0.0172. The molecule has 2 N–H and O–H groups in total. The first-order valence-electron chi connectivity index (χ1n) is 9.40. The molecule has 3 heterocycles. The Kier molecular flexibility index (Phi) is 5.24. The summed E-state index contributed by atoms with van der Waals surface area (Å²) in [6.45, 7) is 3.26. The molecule has 6 heteroatoms. The fourth-order valence-electron chi connectivity index (χ4n) is 4.00. The lowest BCUT2D eigenvalue weighted by atomic mass is 9.84. The van der Waals surface area contributed by atoms with Crippen LogP contribution in [0.3, 0.4) is 0 Å². The summed E-state index contributed by atoms with van der Waals surface area (Å²) in [5.74, 6) is 0.858. The fourth-order valence-corrected chi connectivity index (χ4v) is 4.00. The van der Waals surface area contributed by atoms with Gasteiger partial charge in [-0.1, -0.05) is 0 Å². The summed E-state index contributed by atoms with van der Waals surface area (Å²) in [5.41, 5.74) is 3.38. The van der Waals surface area contributed by atoms with Crippen molar-refractivity contribution in [1.29, 1.82) is 0 Å². The van der Waals surface area contributed by atoms with Crippen LogP contribution >= 0.6 is 0 Å². The molecule has 0 amide bonds. The van der Waals surface area contributed by atoms with Gasteiger partial charge in [-0.2, -0.15) is 5.10 Å². The van der Waals surface area contributed by atoms with Crippen molar-refractivity contribution in [2.24, 2.45) is 0 Å². The molecule has 2 aromatic rings. The first kappa shape index (κ1) is 17.5. The Morgan fingerprint density at radius 1 is 1.23 bits per heavy atom. The van der Waals surface area contributed by atoms with E-state index in [-0.39, 0.29) is 5.60 Å². The van der Waals surface area contributed by atoms with E-state index in [2.05, 4.69) is 27.6 Å². The van der Waals surface area contributed by atoms with E-state index in [9.17, 15) is 0 Å². The molecule has 1 spiro atoms. The fraction of sp³-hybridized carbons (Fsp3) is 0.550. The number of hydrogen-bond donors (Lipinski definition) is 2. The van der Waals surface area contributed by atoms with E-state index in [0.717, 1.165) is 69.1 Å². The first-order chi connectivity index (χ1) is 12.8. The number of ether oxygens (including phenoxy) is 3. The van der Waals surface area contributed by atoms with E-state index in [1.807, 2.05) is 18.3 Å². The van der Waals surface area contributed by atoms with E-state index in [4.69, 9.17) is 14.2 Å². The van der Waals surface area contributed by atoms with Crippen LogP contribution in [-0.4, -0.2) is 48.8 Å². The minimum absolute atomic E-state index is 0.0172. The standard InChI is InChI=1S/C20H27N3O3/c1-24-18-4-2-15(3-5-18)19-16(14-22-23-19)13-21-17-6-9-26-20(12-17)7-10-25-11-8-20/h2-5,14,17,21H,6-13H2,1H3,(H,22,23)/t17-/m1/s1. The van der Waals surface area contributed by atoms with Crippen LogP contribution in [0.5, 0.6) is 5.75 Å². The number of benzene rings is 1. The highest BCUT2D eigenvalue weighted by molar-refractivity contribution is 5.63. The SMILES string of the molecule is COc1ccc(-c2[nH]ncc2CN[C@@H]2CCOC3(CCOCC3)C2)cc1. The summed E-state index contributed by atoms with van der Waals surface area (Å²) in [6.07, 6.45) is 6.04. The maximum Gasteiger partial charge on any atom is 0.118 e. The summed E-state index contributed by atoms with van der Waals surface area (Å²) < 4.78 is 16.9. The molecule has 1 aromatic heterocycles. The predicted octanol–water partition coefficient (Wildman–Crippen LogP) is 2.90. The van der Waals surface area contributed by atoms with Crippen LogP contribution in [0.4, 0.5) is 0 Å². The van der Waals surface area contributed by atoms with Crippen LogP contribution in [0.1, 0.15) is 31.2 Å². The van der Waals surface area contributed by atoms with Crippen molar-refractivity contribution in [3.8, 4) is 17.0 Å². The van der Waals surface area contributed by atoms with Crippen molar-refractivity contribution in [3.05, 3.63) is 36.0 Å². The van der Waals surface area contributed by atoms with Crippen LogP contribution in [-0.2, 0) is 16.0 Å². The summed E-state index contributed by atoms with van der Waals surface area (Å²) in [4.78, 5) is 0. The van der Waals surface area contributed by atoms with Gasteiger partial charge < -0.3 is 19.5 Å². The number of H-pyrrole nitrogens is 1. The largest absolute Gasteiger partial charge is 0.497 e. The van der Waals surface area contributed by atoms with Gasteiger partial charge in [0.1, 0.15) is 5.75 Å². The van der Waals surface area contributed by atoms with E-state index >= 15 is 0 Å². The molecule has 1 aromatic carbocycles. The van der Waals surface area contributed by atoms with Crippen LogP contribution < -0.4 is 10.1 Å². The van der Waals surface area contributed by atoms with Gasteiger partial charge in [-0.25, -0.2) is 0 Å². The highest BCUT2D eigenvalue weighted by Gasteiger charge is 2.38. The lowest BCUT2D eigenvalue weighted by Crippen LogP contribution is -2.49. The quantitative estimate of drug-likeness (QED) is 0.861. The van der Waals surface area contributed by atoms with Gasteiger partial charge in [0.25, 0.3) is 0 Å². The number of methoxy groups -OCH3 is 1. The zero-order valence-electron chi connectivity index (χ0n) is 15.3. The van der Waals surface area contributed by atoms with Crippen molar-refractivity contribution < 1.29 is 14.2 Å². The Bertz CT molecular complexity index is 702. The molecule has 140 valence electrons. The predicted molar refractivity (Wildman–Crippen MR) is 99.2 cm³/mol. The highest BCUT2D eigenvalue weighted by Crippen LogP contribution is 2.34. The molecule has 1 atom stereocenters. The Labute approximate surface area is 154 Å². The molecule has 2 aliphatic heterocycles. The maximum absolute atomic E-state index is 6.14. The van der Waals surface area contributed by atoms with E-state index < -0.39 is 0 Å². The van der Waals surface area contributed by atoms with Gasteiger partial charge >= 0.3 is 0 Å². The van der Waals surface area contributed by atoms with Crippen LogP contribution in [0.25, 0.3) is 11.3 Å². The smallest absolute Gasteiger partial charge is 0.118 e. The molecule has 2 aliphatic rings. The Morgan fingerprint density at radius 2 is 2.04 bits per heavy atom. The number of nitrogens with zero attached hydrogens (tertiary/aromatic N) is 1. The molecule has 0 aliphatic carbocycles. The third-order valence-electron chi connectivity index (χ3n) is 5.57.